The summed E-state index contributed by atoms with van der Waals surface area (Å²) in [7, 11) is -2.47. The highest BCUT2D eigenvalue weighted by Gasteiger charge is 2.30. The van der Waals surface area contributed by atoms with E-state index >= 15 is 0 Å². The van der Waals surface area contributed by atoms with Crippen LogP contribution >= 0.6 is 8.09 Å². The number of carbonyl (C=O) groups excluding carboxylic acids is 2. The number of esters is 2. The number of nitrogens with zero attached hydrogens (tertiary/aromatic N) is 1. The molecule has 0 bridgehead atoms. The molecule has 0 heterocycles. The van der Waals surface area contributed by atoms with Crippen LogP contribution in [-0.2, 0) is 31.9 Å². The molecule has 7 nitrogen and oxygen atoms in total. The van der Waals surface area contributed by atoms with E-state index in [-0.39, 0.29) is 24.9 Å². The quantitative estimate of drug-likeness (QED) is 0.379. The van der Waals surface area contributed by atoms with E-state index in [9.17, 15) is 14.5 Å². The third kappa shape index (κ3) is 11.6. The standard InChI is InChI=1S/C27H37N2O5P/c1-26(2,3)19-33-24(30)22(17-20-13-9-7-10-14-20)28-35(32)29-23(25(31)34-27(4,5)6)18-21-15-11-8-12-16-21/h7-16,22-23H,17-19H2,1-6H3,(H,28,29). The first-order chi connectivity index (χ1) is 16.3. The van der Waals surface area contributed by atoms with Gasteiger partial charge in [-0.25, -0.2) is 4.79 Å². The Bertz CT molecular complexity index is 982. The first-order valence-electron chi connectivity index (χ1n) is 11.7. The molecule has 2 aromatic carbocycles. The van der Waals surface area contributed by atoms with Gasteiger partial charge in [0.25, 0.3) is 8.09 Å². The molecule has 190 valence electrons. The Morgan fingerprint density at radius 1 is 0.886 bits per heavy atom. The highest BCUT2D eigenvalue weighted by atomic mass is 31.1. The number of ether oxygens (including phenoxy) is 2. The van der Waals surface area contributed by atoms with E-state index in [4.69, 9.17) is 9.47 Å². The predicted molar refractivity (Wildman–Crippen MR) is 137 cm³/mol. The maximum Gasteiger partial charge on any atom is 0.335 e. The molecule has 8 heteroatoms. The van der Waals surface area contributed by atoms with Crippen LogP contribution in [0, 0.1) is 5.41 Å². The monoisotopic (exact) mass is 500 g/mol. The summed E-state index contributed by atoms with van der Waals surface area (Å²) in [4.78, 5) is 38.8. The van der Waals surface area contributed by atoms with Gasteiger partial charge in [0.05, 0.1) is 6.61 Å². The Morgan fingerprint density at radius 2 is 1.40 bits per heavy atom. The van der Waals surface area contributed by atoms with Crippen LogP contribution in [0.25, 0.3) is 0 Å². The molecule has 0 saturated carbocycles. The van der Waals surface area contributed by atoms with Gasteiger partial charge in [-0.3, -0.25) is 4.79 Å². The minimum Gasteiger partial charge on any atom is -0.595 e. The summed E-state index contributed by atoms with van der Waals surface area (Å²) in [6, 6.07) is 16.9. The molecule has 2 rings (SSSR count). The maximum absolute atomic E-state index is 13.1. The molecule has 0 aliphatic rings. The van der Waals surface area contributed by atoms with Gasteiger partial charge in [-0.05, 0) is 37.3 Å². The van der Waals surface area contributed by atoms with Crippen molar-refractivity contribution in [1.82, 2.24) is 5.09 Å². The minimum absolute atomic E-state index is 0.211. The van der Waals surface area contributed by atoms with Gasteiger partial charge >= 0.3 is 11.9 Å². The zero-order valence-electron chi connectivity index (χ0n) is 21.5. The fourth-order valence-electron chi connectivity index (χ4n) is 3.09. The molecular formula is C27H37N2O5P. The molecule has 0 aromatic heterocycles. The normalized spacial score (nSPS) is 14.2. The molecule has 0 amide bonds. The number of rotatable bonds is 10. The smallest absolute Gasteiger partial charge is 0.335 e. The van der Waals surface area contributed by atoms with Crippen LogP contribution in [0.3, 0.4) is 0 Å². The lowest BCUT2D eigenvalue weighted by molar-refractivity contribution is -0.164. The lowest BCUT2D eigenvalue weighted by Crippen LogP contribution is -2.39. The van der Waals surface area contributed by atoms with Crippen LogP contribution in [0.15, 0.2) is 65.4 Å². The van der Waals surface area contributed by atoms with Crippen LogP contribution in [0.5, 0.6) is 0 Å². The first kappa shape index (κ1) is 28.6. The molecule has 0 radical (unpaired) electrons. The zero-order valence-corrected chi connectivity index (χ0v) is 22.4. The van der Waals surface area contributed by atoms with Crippen LogP contribution < -0.4 is 9.98 Å². The van der Waals surface area contributed by atoms with Crippen molar-refractivity contribution in [3.8, 4) is 0 Å². The summed E-state index contributed by atoms with van der Waals surface area (Å²) in [6.45, 7) is 11.4. The second-order valence-corrected chi connectivity index (χ2v) is 11.7. The number of hydrogen-bond donors (Lipinski definition) is 1. The molecular weight excluding hydrogens is 463 g/mol. The Morgan fingerprint density at radius 3 is 1.89 bits per heavy atom. The van der Waals surface area contributed by atoms with Crippen molar-refractivity contribution in [3.05, 3.63) is 71.8 Å². The second kappa shape index (κ2) is 12.9. The van der Waals surface area contributed by atoms with Crippen molar-refractivity contribution in [2.75, 3.05) is 6.61 Å². The van der Waals surface area contributed by atoms with E-state index in [2.05, 4.69) is 9.83 Å². The molecule has 0 aliphatic heterocycles. The SMILES string of the molecule is CC(C)(C)COC(=O)C(Cc1ccccc1)N[P+]([O-])=NC(Cc1ccccc1)C(=O)OC(C)(C)C. The van der Waals surface area contributed by atoms with E-state index in [1.54, 1.807) is 20.8 Å². The van der Waals surface area contributed by atoms with Gasteiger partial charge < -0.3 is 14.4 Å². The average molecular weight is 501 g/mol. The Kier molecular flexibility index (Phi) is 10.6. The minimum atomic E-state index is -2.47. The summed E-state index contributed by atoms with van der Waals surface area (Å²) >= 11 is 0. The zero-order chi connectivity index (χ0) is 26.1. The van der Waals surface area contributed by atoms with Crippen molar-refractivity contribution < 1.29 is 24.0 Å². The highest BCUT2D eigenvalue weighted by molar-refractivity contribution is 7.37. The topological polar surface area (TPSA) is 100 Å². The largest absolute Gasteiger partial charge is 0.595 e. The van der Waals surface area contributed by atoms with E-state index in [1.807, 2.05) is 81.4 Å². The summed E-state index contributed by atoms with van der Waals surface area (Å²) in [5.41, 5.74) is 0.819. The van der Waals surface area contributed by atoms with Crippen molar-refractivity contribution >= 4 is 20.0 Å². The van der Waals surface area contributed by atoms with Gasteiger partial charge in [0.2, 0.25) is 0 Å². The van der Waals surface area contributed by atoms with Crippen LogP contribution in [0.4, 0.5) is 0 Å². The third-order valence-electron chi connectivity index (χ3n) is 4.68. The molecule has 1 N–H and O–H groups in total. The number of benzene rings is 2. The molecule has 2 aromatic rings. The number of hydrogen-bond acceptors (Lipinski definition) is 6. The van der Waals surface area contributed by atoms with E-state index in [0.29, 0.717) is 0 Å². The van der Waals surface area contributed by atoms with Gasteiger partial charge in [-0.1, -0.05) is 86.2 Å². The molecule has 0 saturated heterocycles. The Hall–Kier alpha value is -2.60. The van der Waals surface area contributed by atoms with Crippen LogP contribution in [0.1, 0.15) is 52.7 Å². The van der Waals surface area contributed by atoms with E-state index in [1.165, 1.54) is 0 Å². The Labute approximate surface area is 209 Å². The summed E-state index contributed by atoms with van der Waals surface area (Å²) in [5.74, 6) is -1.08. The molecule has 0 spiro atoms. The first-order valence-corrected chi connectivity index (χ1v) is 13.0. The fourth-order valence-corrected chi connectivity index (χ4v) is 4.05. The van der Waals surface area contributed by atoms with Crippen molar-refractivity contribution in [1.29, 1.82) is 0 Å². The summed E-state index contributed by atoms with van der Waals surface area (Å²) < 4.78 is 15.3. The molecule has 0 fully saturated rings. The van der Waals surface area contributed by atoms with Crippen LogP contribution in [0.2, 0.25) is 0 Å². The van der Waals surface area contributed by atoms with Gasteiger partial charge in [0, 0.05) is 12.8 Å². The average Bonchev–Trinajstić information content (AvgIpc) is 2.76. The second-order valence-electron chi connectivity index (χ2n) is 10.7. The van der Waals surface area contributed by atoms with Gasteiger partial charge in [-0.2, -0.15) is 0 Å². The lowest BCUT2D eigenvalue weighted by atomic mass is 9.98. The van der Waals surface area contributed by atoms with Crippen LogP contribution in [-0.4, -0.2) is 36.2 Å². The predicted octanol–water partition coefficient (Wildman–Crippen LogP) is 4.59. The highest BCUT2D eigenvalue weighted by Crippen LogP contribution is 2.21. The third-order valence-corrected chi connectivity index (χ3v) is 5.70. The summed E-state index contributed by atoms with van der Waals surface area (Å²) in [5, 5.41) is 2.80. The fraction of sp³-hybridized carbons (Fsp3) is 0.481. The van der Waals surface area contributed by atoms with Gasteiger partial charge in [-0.15, -0.1) is 5.09 Å². The van der Waals surface area contributed by atoms with Crippen molar-refractivity contribution in [3.63, 3.8) is 0 Å². The summed E-state index contributed by atoms with van der Waals surface area (Å²) in [6.07, 6.45) is 0.506. The lowest BCUT2D eigenvalue weighted by Gasteiger charge is -2.22. The van der Waals surface area contributed by atoms with E-state index < -0.39 is 37.7 Å². The number of carbonyl (C=O) groups is 2. The molecule has 3 unspecified atom stereocenters. The van der Waals surface area contributed by atoms with Crippen molar-refractivity contribution in [2.24, 2.45) is 10.2 Å². The Balaban J connectivity index is 2.25. The molecule has 35 heavy (non-hydrogen) atoms. The van der Waals surface area contributed by atoms with Gasteiger partial charge in [0.1, 0.15) is 5.60 Å². The van der Waals surface area contributed by atoms with Crippen molar-refractivity contribution in [2.45, 2.75) is 72.1 Å². The maximum atomic E-state index is 13.1. The molecule has 0 aliphatic carbocycles. The molecule has 3 atom stereocenters. The van der Waals surface area contributed by atoms with E-state index in [0.717, 1.165) is 11.1 Å². The number of nitrogens with one attached hydrogen (secondary N) is 1. The van der Waals surface area contributed by atoms with Gasteiger partial charge in [0.15, 0.2) is 12.1 Å².